The van der Waals surface area contributed by atoms with Crippen molar-refractivity contribution in [2.24, 2.45) is 0 Å². The second-order valence-electron chi connectivity index (χ2n) is 6.99. The smallest absolute Gasteiger partial charge is 0.149 e. The summed E-state index contributed by atoms with van der Waals surface area (Å²) in [5.41, 5.74) is 6.51. The van der Waals surface area contributed by atoms with Gasteiger partial charge >= 0.3 is 0 Å². The van der Waals surface area contributed by atoms with Gasteiger partial charge in [-0.15, -0.1) is 4.68 Å². The highest BCUT2D eigenvalue weighted by Crippen LogP contribution is 2.26. The maximum Gasteiger partial charge on any atom is 0.239 e. The molecule has 24 heavy (non-hydrogen) atoms. The lowest BCUT2D eigenvalue weighted by molar-refractivity contribution is -0.688. The molecule has 3 aromatic rings. The second kappa shape index (κ2) is 6.64. The highest BCUT2D eigenvalue weighted by Gasteiger charge is 2.26. The molecule has 0 atom stereocenters. The Bertz CT molecular complexity index is 826. The van der Waals surface area contributed by atoms with Crippen LogP contribution in [0, 0.1) is 6.92 Å². The fourth-order valence-corrected chi connectivity index (χ4v) is 3.47. The van der Waals surface area contributed by atoms with E-state index in [4.69, 9.17) is 0 Å². The average Bonchev–Trinajstić information content (AvgIpc) is 2.93. The quantitative estimate of drug-likeness (QED) is 0.566. The lowest BCUT2D eigenvalue weighted by Gasteiger charge is -2.12. The number of hydrogen-bond donors (Lipinski definition) is 0. The molecule has 0 saturated carbocycles. The molecule has 0 N–H and O–H groups in total. The highest BCUT2D eigenvalue weighted by atomic mass is 15.4. The van der Waals surface area contributed by atoms with Crippen molar-refractivity contribution >= 4 is 0 Å². The van der Waals surface area contributed by atoms with Gasteiger partial charge < -0.3 is 0 Å². The molecule has 3 rings (SSSR count). The SMILES string of the molecule is Cc1c(-c2ccccc2)c[n+](-c2ccccc2C(C)C)n1C(C)C. The Kier molecular flexibility index (Phi) is 4.57. The minimum Gasteiger partial charge on any atom is -0.149 e. The largest absolute Gasteiger partial charge is 0.239 e. The average molecular weight is 319 g/mol. The molecule has 2 heteroatoms. The van der Waals surface area contributed by atoms with E-state index in [9.17, 15) is 0 Å². The maximum atomic E-state index is 2.39. The molecule has 0 bridgehead atoms. The van der Waals surface area contributed by atoms with Crippen molar-refractivity contribution in [1.82, 2.24) is 4.68 Å². The zero-order chi connectivity index (χ0) is 17.3. The Morgan fingerprint density at radius 3 is 2.08 bits per heavy atom. The van der Waals surface area contributed by atoms with E-state index in [1.165, 1.54) is 28.1 Å². The molecule has 2 aromatic carbocycles. The Morgan fingerprint density at radius 1 is 0.833 bits per heavy atom. The lowest BCUT2D eigenvalue weighted by Crippen LogP contribution is -2.42. The van der Waals surface area contributed by atoms with Gasteiger partial charge in [0.05, 0.1) is 17.3 Å². The van der Waals surface area contributed by atoms with Gasteiger partial charge in [0, 0.05) is 11.6 Å². The van der Waals surface area contributed by atoms with E-state index in [1.54, 1.807) is 0 Å². The van der Waals surface area contributed by atoms with Crippen molar-refractivity contribution in [2.75, 3.05) is 0 Å². The van der Waals surface area contributed by atoms with Crippen molar-refractivity contribution in [3.8, 4) is 16.8 Å². The third-order valence-electron chi connectivity index (χ3n) is 4.60. The van der Waals surface area contributed by atoms with Gasteiger partial charge in [0.2, 0.25) is 11.9 Å². The molecule has 0 spiro atoms. The molecule has 0 aliphatic rings. The standard InChI is InChI=1S/C22H27N2/c1-16(2)20-13-9-10-14-22(20)23-15-21(18(5)24(23)17(3)4)19-11-7-6-8-12-19/h6-17H,1-5H3/q+1. The first-order valence-electron chi connectivity index (χ1n) is 8.79. The lowest BCUT2D eigenvalue weighted by atomic mass is 10.0. The number of para-hydroxylation sites is 1. The summed E-state index contributed by atoms with van der Waals surface area (Å²) in [6, 6.07) is 19.8. The van der Waals surface area contributed by atoms with Crippen molar-refractivity contribution in [1.29, 1.82) is 0 Å². The van der Waals surface area contributed by atoms with Gasteiger partial charge in [-0.2, -0.15) is 0 Å². The van der Waals surface area contributed by atoms with Gasteiger partial charge in [-0.25, -0.2) is 0 Å². The summed E-state index contributed by atoms with van der Waals surface area (Å²) in [7, 11) is 0. The molecule has 0 amide bonds. The third-order valence-corrected chi connectivity index (χ3v) is 4.60. The zero-order valence-corrected chi connectivity index (χ0v) is 15.3. The maximum absolute atomic E-state index is 2.39. The normalized spacial score (nSPS) is 11.5. The monoisotopic (exact) mass is 319 g/mol. The minimum atomic E-state index is 0.391. The Labute approximate surface area is 145 Å². The van der Waals surface area contributed by atoms with Crippen LogP contribution in [0.25, 0.3) is 16.8 Å². The van der Waals surface area contributed by atoms with Gasteiger partial charge in [0.15, 0.2) is 0 Å². The summed E-state index contributed by atoms with van der Waals surface area (Å²) in [6.45, 7) is 11.2. The highest BCUT2D eigenvalue weighted by molar-refractivity contribution is 5.64. The molecule has 0 saturated heterocycles. The molecule has 2 nitrogen and oxygen atoms in total. The molecule has 0 fully saturated rings. The fraction of sp³-hybridized carbons (Fsp3) is 0.318. The molecule has 0 aliphatic heterocycles. The number of rotatable bonds is 4. The van der Waals surface area contributed by atoms with E-state index in [1.807, 2.05) is 0 Å². The van der Waals surface area contributed by atoms with E-state index in [-0.39, 0.29) is 0 Å². The van der Waals surface area contributed by atoms with Crippen molar-refractivity contribution in [2.45, 2.75) is 46.6 Å². The van der Waals surface area contributed by atoms with Crippen LogP contribution < -0.4 is 4.68 Å². The van der Waals surface area contributed by atoms with Gasteiger partial charge in [-0.3, -0.25) is 0 Å². The number of benzene rings is 2. The van der Waals surface area contributed by atoms with E-state index in [2.05, 4.69) is 105 Å². The van der Waals surface area contributed by atoms with Crippen LogP contribution in [-0.4, -0.2) is 4.68 Å². The zero-order valence-electron chi connectivity index (χ0n) is 15.3. The first-order valence-corrected chi connectivity index (χ1v) is 8.79. The van der Waals surface area contributed by atoms with Gasteiger partial charge in [0.1, 0.15) is 0 Å². The Morgan fingerprint density at radius 2 is 1.46 bits per heavy atom. The predicted octanol–water partition coefficient (Wildman–Crippen LogP) is 5.44. The van der Waals surface area contributed by atoms with E-state index in [0.29, 0.717) is 12.0 Å². The minimum absolute atomic E-state index is 0.391. The third kappa shape index (κ3) is 2.89. The molecular formula is C22H27N2+. The van der Waals surface area contributed by atoms with Gasteiger partial charge in [-0.05, 0) is 32.3 Å². The van der Waals surface area contributed by atoms with Gasteiger partial charge in [0.25, 0.3) is 0 Å². The van der Waals surface area contributed by atoms with Crippen LogP contribution in [0.2, 0.25) is 0 Å². The molecule has 1 aromatic heterocycles. The Hall–Kier alpha value is -2.35. The fourth-order valence-electron chi connectivity index (χ4n) is 3.47. The second-order valence-corrected chi connectivity index (χ2v) is 6.99. The van der Waals surface area contributed by atoms with Crippen molar-refractivity contribution in [3.05, 3.63) is 72.1 Å². The number of aromatic nitrogens is 2. The van der Waals surface area contributed by atoms with Crippen LogP contribution in [0.5, 0.6) is 0 Å². The Balaban J connectivity index is 2.26. The van der Waals surface area contributed by atoms with Crippen molar-refractivity contribution in [3.63, 3.8) is 0 Å². The van der Waals surface area contributed by atoms with E-state index < -0.39 is 0 Å². The van der Waals surface area contributed by atoms with Crippen molar-refractivity contribution < 1.29 is 4.68 Å². The predicted molar refractivity (Wildman–Crippen MR) is 101 cm³/mol. The van der Waals surface area contributed by atoms with Crippen LogP contribution in [0.4, 0.5) is 0 Å². The summed E-state index contributed by atoms with van der Waals surface area (Å²) in [6.07, 6.45) is 2.28. The summed E-state index contributed by atoms with van der Waals surface area (Å²) in [4.78, 5) is 0. The van der Waals surface area contributed by atoms with Gasteiger partial charge in [-0.1, -0.05) is 67.1 Å². The molecule has 124 valence electrons. The first kappa shape index (κ1) is 16.5. The number of nitrogens with zero attached hydrogens (tertiary/aromatic N) is 2. The van der Waals surface area contributed by atoms with Crippen LogP contribution in [-0.2, 0) is 0 Å². The number of hydrogen-bond acceptors (Lipinski definition) is 0. The molecule has 0 unspecified atom stereocenters. The topological polar surface area (TPSA) is 8.81 Å². The van der Waals surface area contributed by atoms with Crippen LogP contribution in [0.1, 0.15) is 50.9 Å². The summed E-state index contributed by atoms with van der Waals surface area (Å²) < 4.78 is 4.72. The summed E-state index contributed by atoms with van der Waals surface area (Å²) in [5, 5.41) is 0. The molecular weight excluding hydrogens is 292 g/mol. The van der Waals surface area contributed by atoms with E-state index in [0.717, 1.165) is 0 Å². The first-order chi connectivity index (χ1) is 11.5. The molecule has 0 radical (unpaired) electrons. The van der Waals surface area contributed by atoms with E-state index >= 15 is 0 Å². The van der Waals surface area contributed by atoms with Crippen LogP contribution >= 0.6 is 0 Å². The van der Waals surface area contributed by atoms with Crippen LogP contribution in [0.15, 0.2) is 60.8 Å². The summed E-state index contributed by atoms with van der Waals surface area (Å²) in [5.74, 6) is 0.490. The summed E-state index contributed by atoms with van der Waals surface area (Å²) >= 11 is 0. The van der Waals surface area contributed by atoms with Crippen LogP contribution in [0.3, 0.4) is 0 Å². The molecule has 1 heterocycles. The molecule has 0 aliphatic carbocycles.